The third-order valence-corrected chi connectivity index (χ3v) is 5.69. The van der Waals surface area contributed by atoms with Crippen LogP contribution in [-0.4, -0.2) is 30.0 Å². The molecule has 0 saturated heterocycles. The van der Waals surface area contributed by atoms with E-state index in [9.17, 15) is 9.50 Å². The third-order valence-electron chi connectivity index (χ3n) is 5.69. The molecule has 1 N–H and O–H groups in total. The van der Waals surface area contributed by atoms with Gasteiger partial charge < -0.3 is 19.3 Å². The van der Waals surface area contributed by atoms with E-state index in [0.717, 1.165) is 5.56 Å². The standard InChI is InChI=1S/C24H21FN2O4/c1-29-14-10-11-21(28)17(12-14)19-13-20-16-7-5-9-22(30-2)23(16)31-24(27(20)26-19)15-6-3-4-8-18(15)25/h3-12,20,24,28H,13H2,1-2H3. The Hall–Kier alpha value is -3.74. The minimum Gasteiger partial charge on any atom is -0.507 e. The lowest BCUT2D eigenvalue weighted by atomic mass is 9.95. The van der Waals surface area contributed by atoms with E-state index < -0.39 is 6.23 Å². The number of halogens is 1. The summed E-state index contributed by atoms with van der Waals surface area (Å²) in [7, 11) is 3.15. The number of ether oxygens (including phenoxy) is 3. The van der Waals surface area contributed by atoms with Crippen molar-refractivity contribution in [1.82, 2.24) is 5.01 Å². The highest BCUT2D eigenvalue weighted by Gasteiger charge is 2.43. The molecule has 31 heavy (non-hydrogen) atoms. The number of aromatic hydroxyl groups is 1. The Kier molecular flexibility index (Phi) is 4.66. The molecule has 0 radical (unpaired) electrons. The first-order chi connectivity index (χ1) is 15.1. The SMILES string of the molecule is COc1ccc(O)c(C2=NN3C(C2)c2cccc(OC)c2OC3c2ccccc2F)c1. The zero-order chi connectivity index (χ0) is 21.5. The first-order valence-corrected chi connectivity index (χ1v) is 9.92. The summed E-state index contributed by atoms with van der Waals surface area (Å²) in [6, 6.07) is 17.0. The molecule has 2 aliphatic rings. The van der Waals surface area contributed by atoms with Gasteiger partial charge in [0.1, 0.15) is 17.3 Å². The second-order valence-electron chi connectivity index (χ2n) is 7.40. The number of hydrazone groups is 1. The molecule has 2 heterocycles. The van der Waals surface area contributed by atoms with E-state index in [1.165, 1.54) is 6.07 Å². The molecule has 0 saturated carbocycles. The molecular formula is C24H21FN2O4. The van der Waals surface area contributed by atoms with Crippen LogP contribution in [0.4, 0.5) is 4.39 Å². The molecule has 5 rings (SSSR count). The van der Waals surface area contributed by atoms with Gasteiger partial charge >= 0.3 is 0 Å². The summed E-state index contributed by atoms with van der Waals surface area (Å²) in [4.78, 5) is 0. The van der Waals surface area contributed by atoms with Crippen molar-refractivity contribution in [1.29, 1.82) is 0 Å². The van der Waals surface area contributed by atoms with Crippen molar-refractivity contribution in [3.63, 3.8) is 0 Å². The Morgan fingerprint density at radius 2 is 1.84 bits per heavy atom. The highest BCUT2D eigenvalue weighted by molar-refractivity contribution is 6.04. The molecule has 2 unspecified atom stereocenters. The van der Waals surface area contributed by atoms with Crippen LogP contribution >= 0.6 is 0 Å². The van der Waals surface area contributed by atoms with Gasteiger partial charge in [-0.1, -0.05) is 30.3 Å². The van der Waals surface area contributed by atoms with Gasteiger partial charge in [0.25, 0.3) is 0 Å². The van der Waals surface area contributed by atoms with Gasteiger partial charge in [0.15, 0.2) is 11.5 Å². The van der Waals surface area contributed by atoms with E-state index >= 15 is 0 Å². The number of fused-ring (bicyclic) bond motifs is 3. The molecule has 158 valence electrons. The Labute approximate surface area is 179 Å². The van der Waals surface area contributed by atoms with Crippen LogP contribution in [0.5, 0.6) is 23.0 Å². The minimum absolute atomic E-state index is 0.105. The van der Waals surface area contributed by atoms with Crippen LogP contribution in [0.25, 0.3) is 0 Å². The number of nitrogens with zero attached hydrogens (tertiary/aromatic N) is 2. The van der Waals surface area contributed by atoms with Gasteiger partial charge in [-0.15, -0.1) is 0 Å². The van der Waals surface area contributed by atoms with E-state index in [-0.39, 0.29) is 17.6 Å². The first-order valence-electron chi connectivity index (χ1n) is 9.92. The molecule has 3 aromatic rings. The quantitative estimate of drug-likeness (QED) is 0.658. The van der Waals surface area contributed by atoms with Crippen LogP contribution in [-0.2, 0) is 0 Å². The number of phenolic OH excluding ortho intramolecular Hbond substituents is 1. The topological polar surface area (TPSA) is 63.5 Å². The Morgan fingerprint density at radius 1 is 1.03 bits per heavy atom. The van der Waals surface area contributed by atoms with Gasteiger partial charge in [-0.05, 0) is 30.3 Å². The fourth-order valence-electron chi connectivity index (χ4n) is 4.16. The van der Waals surface area contributed by atoms with E-state index in [4.69, 9.17) is 19.3 Å². The zero-order valence-electron chi connectivity index (χ0n) is 17.1. The summed E-state index contributed by atoms with van der Waals surface area (Å²) in [6.07, 6.45) is -0.268. The molecule has 0 bridgehead atoms. The Bertz CT molecular complexity index is 1180. The van der Waals surface area contributed by atoms with Gasteiger partial charge in [0, 0.05) is 17.5 Å². The smallest absolute Gasteiger partial charge is 0.216 e. The molecule has 7 heteroatoms. The molecule has 2 atom stereocenters. The average molecular weight is 420 g/mol. The van der Waals surface area contributed by atoms with Crippen LogP contribution in [0, 0.1) is 5.82 Å². The van der Waals surface area contributed by atoms with E-state index in [1.54, 1.807) is 55.6 Å². The molecule has 2 aliphatic heterocycles. The highest BCUT2D eigenvalue weighted by atomic mass is 19.1. The van der Waals surface area contributed by atoms with Crippen LogP contribution in [0.3, 0.4) is 0 Å². The lowest BCUT2D eigenvalue weighted by molar-refractivity contribution is -0.0230. The van der Waals surface area contributed by atoms with Gasteiger partial charge in [-0.25, -0.2) is 9.40 Å². The lowest BCUT2D eigenvalue weighted by Crippen LogP contribution is -2.34. The van der Waals surface area contributed by atoms with Crippen molar-refractivity contribution < 1.29 is 23.7 Å². The van der Waals surface area contributed by atoms with Gasteiger partial charge in [0.2, 0.25) is 6.23 Å². The predicted octanol–water partition coefficient (Wildman–Crippen LogP) is 4.79. The summed E-state index contributed by atoms with van der Waals surface area (Å²) in [5.74, 6) is 1.50. The number of phenols is 1. The molecule has 0 aromatic heterocycles. The molecule has 0 aliphatic carbocycles. The van der Waals surface area contributed by atoms with Crippen LogP contribution in [0.2, 0.25) is 0 Å². The molecule has 3 aromatic carbocycles. The summed E-state index contributed by atoms with van der Waals surface area (Å²) in [6.45, 7) is 0. The minimum atomic E-state index is -0.778. The number of hydrogen-bond donors (Lipinski definition) is 1. The fraction of sp³-hybridized carbons (Fsp3) is 0.208. The number of methoxy groups -OCH3 is 2. The maximum Gasteiger partial charge on any atom is 0.216 e. The van der Waals surface area contributed by atoms with E-state index in [2.05, 4.69) is 0 Å². The van der Waals surface area contributed by atoms with Crippen LogP contribution < -0.4 is 14.2 Å². The van der Waals surface area contributed by atoms with Crippen molar-refractivity contribution in [3.05, 3.63) is 83.2 Å². The Balaban J connectivity index is 1.65. The summed E-state index contributed by atoms with van der Waals surface area (Å²) in [5, 5.41) is 17.0. The second kappa shape index (κ2) is 7.50. The number of rotatable bonds is 4. The van der Waals surface area contributed by atoms with Crippen molar-refractivity contribution in [2.75, 3.05) is 14.2 Å². The monoisotopic (exact) mass is 420 g/mol. The molecule has 0 amide bonds. The normalized spacial score (nSPS) is 19.2. The van der Waals surface area contributed by atoms with Crippen molar-refractivity contribution in [2.45, 2.75) is 18.7 Å². The third kappa shape index (κ3) is 3.13. The van der Waals surface area contributed by atoms with Crippen molar-refractivity contribution >= 4 is 5.71 Å². The summed E-state index contributed by atoms with van der Waals surface area (Å²) >= 11 is 0. The van der Waals surface area contributed by atoms with Crippen molar-refractivity contribution in [3.8, 4) is 23.0 Å². The van der Waals surface area contributed by atoms with Gasteiger partial charge in [-0.3, -0.25) is 0 Å². The molecule has 6 nitrogen and oxygen atoms in total. The van der Waals surface area contributed by atoms with E-state index in [1.807, 2.05) is 18.2 Å². The Morgan fingerprint density at radius 3 is 2.61 bits per heavy atom. The molecule has 0 spiro atoms. The number of benzene rings is 3. The maximum absolute atomic E-state index is 14.7. The van der Waals surface area contributed by atoms with Crippen LogP contribution in [0.15, 0.2) is 65.8 Å². The predicted molar refractivity (Wildman–Crippen MR) is 113 cm³/mol. The first kappa shape index (κ1) is 19.2. The summed E-state index contributed by atoms with van der Waals surface area (Å²) in [5.41, 5.74) is 2.52. The van der Waals surface area contributed by atoms with Gasteiger partial charge in [-0.2, -0.15) is 5.10 Å². The molecule has 0 fully saturated rings. The average Bonchev–Trinajstić information content (AvgIpc) is 3.24. The number of hydrogen-bond acceptors (Lipinski definition) is 6. The largest absolute Gasteiger partial charge is 0.507 e. The van der Waals surface area contributed by atoms with E-state index in [0.29, 0.717) is 40.5 Å². The van der Waals surface area contributed by atoms with Crippen LogP contribution in [0.1, 0.15) is 35.4 Å². The second-order valence-corrected chi connectivity index (χ2v) is 7.40. The van der Waals surface area contributed by atoms with Gasteiger partial charge in [0.05, 0.1) is 31.5 Å². The maximum atomic E-state index is 14.7. The lowest BCUT2D eigenvalue weighted by Gasteiger charge is -2.38. The summed E-state index contributed by atoms with van der Waals surface area (Å²) < 4.78 is 31.8. The fourth-order valence-corrected chi connectivity index (χ4v) is 4.16. The highest BCUT2D eigenvalue weighted by Crippen LogP contribution is 2.51. The zero-order valence-corrected chi connectivity index (χ0v) is 17.1. The molecular weight excluding hydrogens is 399 g/mol. The number of para-hydroxylation sites is 1. The van der Waals surface area contributed by atoms with Crippen molar-refractivity contribution in [2.24, 2.45) is 5.10 Å².